The highest BCUT2D eigenvalue weighted by Crippen LogP contribution is 2.12. The zero-order valence-corrected chi connectivity index (χ0v) is 13.0. The zero-order valence-electron chi connectivity index (χ0n) is 13.0. The Labute approximate surface area is 131 Å². The highest BCUT2D eigenvalue weighted by molar-refractivity contribution is 5.94. The van der Waals surface area contributed by atoms with Crippen molar-refractivity contribution in [3.05, 3.63) is 65.2 Å². The van der Waals surface area contributed by atoms with Gasteiger partial charge in [-0.1, -0.05) is 24.3 Å². The fourth-order valence-electron chi connectivity index (χ4n) is 2.22. The summed E-state index contributed by atoms with van der Waals surface area (Å²) in [7, 11) is 3.29. The second-order valence-electron chi connectivity index (χ2n) is 4.99. The van der Waals surface area contributed by atoms with Crippen molar-refractivity contribution in [3.63, 3.8) is 0 Å². The van der Waals surface area contributed by atoms with Crippen LogP contribution in [0.15, 0.2) is 48.5 Å². The largest absolute Gasteiger partial charge is 0.497 e. The van der Waals surface area contributed by atoms with Crippen molar-refractivity contribution in [2.24, 2.45) is 0 Å². The van der Waals surface area contributed by atoms with E-state index in [4.69, 9.17) is 9.47 Å². The van der Waals surface area contributed by atoms with E-state index in [1.807, 2.05) is 42.5 Å². The van der Waals surface area contributed by atoms with Crippen LogP contribution < -0.4 is 10.1 Å². The van der Waals surface area contributed by atoms with Gasteiger partial charge in [-0.05, 0) is 41.8 Å². The van der Waals surface area contributed by atoms with Crippen LogP contribution in [0.2, 0.25) is 0 Å². The van der Waals surface area contributed by atoms with Crippen LogP contribution in [0.4, 0.5) is 0 Å². The van der Waals surface area contributed by atoms with E-state index in [-0.39, 0.29) is 5.91 Å². The van der Waals surface area contributed by atoms with Gasteiger partial charge < -0.3 is 14.8 Å². The number of carbonyl (C=O) groups is 1. The van der Waals surface area contributed by atoms with Gasteiger partial charge in [-0.2, -0.15) is 0 Å². The van der Waals surface area contributed by atoms with Gasteiger partial charge in [-0.15, -0.1) is 0 Å². The molecule has 22 heavy (non-hydrogen) atoms. The first-order valence-corrected chi connectivity index (χ1v) is 7.22. The van der Waals surface area contributed by atoms with Crippen molar-refractivity contribution < 1.29 is 14.3 Å². The van der Waals surface area contributed by atoms with Crippen molar-refractivity contribution in [2.75, 3.05) is 20.8 Å². The van der Waals surface area contributed by atoms with Crippen LogP contribution in [0.25, 0.3) is 0 Å². The summed E-state index contributed by atoms with van der Waals surface area (Å²) in [6.07, 6.45) is 0.765. The Kier molecular flexibility index (Phi) is 5.98. The number of ether oxygens (including phenoxy) is 2. The lowest BCUT2D eigenvalue weighted by atomic mass is 10.1. The van der Waals surface area contributed by atoms with Crippen molar-refractivity contribution in [3.8, 4) is 5.75 Å². The Morgan fingerprint density at radius 1 is 1.05 bits per heavy atom. The quantitative estimate of drug-likeness (QED) is 0.855. The molecule has 1 N–H and O–H groups in total. The van der Waals surface area contributed by atoms with E-state index in [0.717, 1.165) is 23.3 Å². The van der Waals surface area contributed by atoms with Crippen LogP contribution in [-0.4, -0.2) is 26.7 Å². The molecule has 0 saturated carbocycles. The number of benzene rings is 2. The molecule has 0 bridgehead atoms. The van der Waals surface area contributed by atoms with E-state index < -0.39 is 0 Å². The maximum Gasteiger partial charge on any atom is 0.251 e. The first-order chi connectivity index (χ1) is 10.7. The van der Waals surface area contributed by atoms with Gasteiger partial charge >= 0.3 is 0 Å². The molecule has 2 rings (SSSR count). The summed E-state index contributed by atoms with van der Waals surface area (Å²) in [5.74, 6) is 0.761. The fraction of sp³-hybridized carbons (Fsp3) is 0.278. The lowest BCUT2D eigenvalue weighted by Gasteiger charge is -2.08. The Hall–Kier alpha value is -2.33. The fourth-order valence-corrected chi connectivity index (χ4v) is 2.22. The molecular formula is C18H21NO3. The second kappa shape index (κ2) is 8.20. The second-order valence-corrected chi connectivity index (χ2v) is 4.99. The first-order valence-electron chi connectivity index (χ1n) is 7.22. The van der Waals surface area contributed by atoms with Gasteiger partial charge in [0.15, 0.2) is 0 Å². The Morgan fingerprint density at radius 3 is 2.59 bits per heavy atom. The van der Waals surface area contributed by atoms with Gasteiger partial charge in [0, 0.05) is 19.2 Å². The highest BCUT2D eigenvalue weighted by atomic mass is 16.5. The number of nitrogens with one attached hydrogen (secondary N) is 1. The molecule has 0 aromatic heterocycles. The Balaban J connectivity index is 1.88. The van der Waals surface area contributed by atoms with Crippen LogP contribution in [0.1, 0.15) is 21.5 Å². The lowest BCUT2D eigenvalue weighted by Crippen LogP contribution is -2.25. The molecule has 4 nitrogen and oxygen atoms in total. The molecule has 0 aliphatic rings. The average Bonchev–Trinajstić information content (AvgIpc) is 2.55. The third-order valence-corrected chi connectivity index (χ3v) is 3.33. The minimum atomic E-state index is -0.0687. The summed E-state index contributed by atoms with van der Waals surface area (Å²) in [5.41, 5.74) is 2.77. The number of carbonyl (C=O) groups excluding carboxylic acids is 1. The molecule has 2 aromatic carbocycles. The van der Waals surface area contributed by atoms with Crippen LogP contribution >= 0.6 is 0 Å². The van der Waals surface area contributed by atoms with Gasteiger partial charge in [0.25, 0.3) is 5.91 Å². The van der Waals surface area contributed by atoms with E-state index in [1.54, 1.807) is 20.3 Å². The van der Waals surface area contributed by atoms with Crippen molar-refractivity contribution in [2.45, 2.75) is 13.0 Å². The van der Waals surface area contributed by atoms with Crippen molar-refractivity contribution in [1.29, 1.82) is 0 Å². The Morgan fingerprint density at radius 2 is 1.82 bits per heavy atom. The number of hydrogen-bond donors (Lipinski definition) is 1. The van der Waals surface area contributed by atoms with E-state index in [0.29, 0.717) is 18.7 Å². The van der Waals surface area contributed by atoms with Gasteiger partial charge in [0.1, 0.15) is 5.75 Å². The topological polar surface area (TPSA) is 47.6 Å². The van der Waals surface area contributed by atoms with Gasteiger partial charge in [-0.3, -0.25) is 4.79 Å². The predicted octanol–water partition coefficient (Wildman–Crippen LogP) is 2.81. The average molecular weight is 299 g/mol. The van der Waals surface area contributed by atoms with E-state index in [9.17, 15) is 4.79 Å². The number of rotatable bonds is 7. The minimum absolute atomic E-state index is 0.0687. The van der Waals surface area contributed by atoms with Gasteiger partial charge in [0.05, 0.1) is 13.7 Å². The smallest absolute Gasteiger partial charge is 0.251 e. The SMILES string of the molecule is COCc1cccc(C(=O)NCCc2cccc(OC)c2)c1. The maximum atomic E-state index is 12.1. The van der Waals surface area contributed by atoms with Crippen LogP contribution in [-0.2, 0) is 17.8 Å². The molecule has 0 spiro atoms. The van der Waals surface area contributed by atoms with Crippen LogP contribution in [0.5, 0.6) is 5.75 Å². The minimum Gasteiger partial charge on any atom is -0.497 e. The monoisotopic (exact) mass is 299 g/mol. The molecule has 0 atom stereocenters. The molecule has 2 aromatic rings. The molecule has 0 fully saturated rings. The molecule has 0 heterocycles. The van der Waals surface area contributed by atoms with E-state index >= 15 is 0 Å². The molecular weight excluding hydrogens is 278 g/mol. The molecule has 116 valence electrons. The van der Waals surface area contributed by atoms with Gasteiger partial charge in [0.2, 0.25) is 0 Å². The molecule has 0 radical (unpaired) electrons. The normalized spacial score (nSPS) is 10.3. The number of amides is 1. The molecule has 1 amide bonds. The van der Waals surface area contributed by atoms with Crippen LogP contribution in [0, 0.1) is 0 Å². The highest BCUT2D eigenvalue weighted by Gasteiger charge is 2.06. The maximum absolute atomic E-state index is 12.1. The standard InChI is InChI=1S/C18H21NO3/c1-21-13-15-6-3-7-16(11-15)18(20)19-10-9-14-5-4-8-17(12-14)22-2/h3-8,11-12H,9-10,13H2,1-2H3,(H,19,20). The predicted molar refractivity (Wildman–Crippen MR) is 86.2 cm³/mol. The molecule has 4 heteroatoms. The number of hydrogen-bond acceptors (Lipinski definition) is 3. The first kappa shape index (κ1) is 16.0. The summed E-state index contributed by atoms with van der Waals surface area (Å²) >= 11 is 0. The van der Waals surface area contributed by atoms with Gasteiger partial charge in [-0.25, -0.2) is 0 Å². The third kappa shape index (κ3) is 4.60. The molecule has 0 aliphatic heterocycles. The van der Waals surface area contributed by atoms with E-state index in [2.05, 4.69) is 5.32 Å². The summed E-state index contributed by atoms with van der Waals surface area (Å²) in [5, 5.41) is 2.93. The molecule has 0 unspecified atom stereocenters. The zero-order chi connectivity index (χ0) is 15.8. The Bertz CT molecular complexity index is 625. The molecule has 0 aliphatic carbocycles. The third-order valence-electron chi connectivity index (χ3n) is 3.33. The lowest BCUT2D eigenvalue weighted by molar-refractivity contribution is 0.0954. The van der Waals surface area contributed by atoms with Crippen LogP contribution in [0.3, 0.4) is 0 Å². The molecule has 0 saturated heterocycles. The summed E-state index contributed by atoms with van der Waals surface area (Å²) in [6, 6.07) is 15.3. The summed E-state index contributed by atoms with van der Waals surface area (Å²) in [6.45, 7) is 1.09. The van der Waals surface area contributed by atoms with E-state index in [1.165, 1.54) is 0 Å². The summed E-state index contributed by atoms with van der Waals surface area (Å²) in [4.78, 5) is 12.1. The number of methoxy groups -OCH3 is 2. The summed E-state index contributed by atoms with van der Waals surface area (Å²) < 4.78 is 10.3. The van der Waals surface area contributed by atoms with Crippen molar-refractivity contribution in [1.82, 2.24) is 5.32 Å². The van der Waals surface area contributed by atoms with Crippen molar-refractivity contribution >= 4 is 5.91 Å².